The Hall–Kier alpha value is -2.70. The minimum absolute atomic E-state index is 0.0771. The Balaban J connectivity index is 1.58. The van der Waals surface area contributed by atoms with Gasteiger partial charge in [-0.05, 0) is 48.6 Å². The van der Waals surface area contributed by atoms with Gasteiger partial charge in [0.15, 0.2) is 0 Å². The van der Waals surface area contributed by atoms with Gasteiger partial charge in [-0.3, -0.25) is 4.79 Å². The van der Waals surface area contributed by atoms with Crippen LogP contribution in [0.4, 0.5) is 13.2 Å². The molecular formula is C22H21F3O4. The molecule has 1 heterocycles. The lowest BCUT2D eigenvalue weighted by Crippen LogP contribution is -2.10. The maximum atomic E-state index is 13.3. The Labute approximate surface area is 166 Å². The molecule has 2 aliphatic rings. The highest BCUT2D eigenvalue weighted by Crippen LogP contribution is 2.45. The van der Waals surface area contributed by atoms with Gasteiger partial charge in [-0.1, -0.05) is 12.1 Å². The molecule has 0 saturated heterocycles. The van der Waals surface area contributed by atoms with Gasteiger partial charge in [0.2, 0.25) is 0 Å². The van der Waals surface area contributed by atoms with Crippen LogP contribution in [0, 0.1) is 6.92 Å². The van der Waals surface area contributed by atoms with Crippen molar-refractivity contribution in [2.75, 3.05) is 13.7 Å². The van der Waals surface area contributed by atoms with Crippen LogP contribution in [0.1, 0.15) is 52.7 Å². The minimum atomic E-state index is -4.37. The summed E-state index contributed by atoms with van der Waals surface area (Å²) in [6.45, 7) is 2.26. The van der Waals surface area contributed by atoms with E-state index in [2.05, 4.69) is 0 Å². The van der Waals surface area contributed by atoms with Gasteiger partial charge in [0, 0.05) is 17.5 Å². The first-order chi connectivity index (χ1) is 13.8. The summed E-state index contributed by atoms with van der Waals surface area (Å²) in [4.78, 5) is 11.6. The lowest BCUT2D eigenvalue weighted by atomic mass is 9.96. The van der Waals surface area contributed by atoms with Crippen LogP contribution in [-0.2, 0) is 22.1 Å². The molecule has 154 valence electrons. The fourth-order valence-electron chi connectivity index (χ4n) is 4.15. The van der Waals surface area contributed by atoms with Gasteiger partial charge < -0.3 is 14.2 Å². The summed E-state index contributed by atoms with van der Waals surface area (Å²) in [7, 11) is 1.35. The Bertz CT molecular complexity index is 952. The number of benzene rings is 2. The summed E-state index contributed by atoms with van der Waals surface area (Å²) < 4.78 is 56.4. The summed E-state index contributed by atoms with van der Waals surface area (Å²) in [6, 6.07) is 7.95. The van der Waals surface area contributed by atoms with Crippen molar-refractivity contribution in [3.8, 4) is 11.5 Å². The van der Waals surface area contributed by atoms with Crippen molar-refractivity contribution in [3.05, 3.63) is 58.1 Å². The zero-order chi connectivity index (χ0) is 20.8. The molecule has 7 heteroatoms. The monoisotopic (exact) mass is 406 g/mol. The van der Waals surface area contributed by atoms with Crippen molar-refractivity contribution < 1.29 is 32.2 Å². The number of alkyl halides is 3. The largest absolute Gasteiger partial charge is 0.492 e. The molecule has 4 nitrogen and oxygen atoms in total. The first kappa shape index (κ1) is 19.6. The molecule has 0 aromatic heterocycles. The molecule has 0 N–H and O–H groups in total. The summed E-state index contributed by atoms with van der Waals surface area (Å²) >= 11 is 0. The summed E-state index contributed by atoms with van der Waals surface area (Å²) in [5.74, 6) is 0.846. The topological polar surface area (TPSA) is 44.8 Å². The molecular weight excluding hydrogens is 385 g/mol. The number of methoxy groups -OCH3 is 1. The van der Waals surface area contributed by atoms with Crippen LogP contribution in [0.25, 0.3) is 0 Å². The Morgan fingerprint density at radius 1 is 1.24 bits per heavy atom. The number of carbonyl (C=O) groups excluding carboxylic acids is 1. The quantitative estimate of drug-likeness (QED) is 0.662. The molecule has 29 heavy (non-hydrogen) atoms. The van der Waals surface area contributed by atoms with Crippen molar-refractivity contribution in [1.29, 1.82) is 0 Å². The summed E-state index contributed by atoms with van der Waals surface area (Å²) in [5.41, 5.74) is 2.10. The Morgan fingerprint density at radius 2 is 2.03 bits per heavy atom. The second-order valence-electron chi connectivity index (χ2n) is 7.46. The van der Waals surface area contributed by atoms with E-state index in [1.165, 1.54) is 13.2 Å². The maximum absolute atomic E-state index is 13.3. The third-order valence-electron chi connectivity index (χ3n) is 5.62. The van der Waals surface area contributed by atoms with Crippen LogP contribution in [0.2, 0.25) is 0 Å². The third kappa shape index (κ3) is 3.66. The highest BCUT2D eigenvalue weighted by Gasteiger charge is 2.38. The summed E-state index contributed by atoms with van der Waals surface area (Å²) in [5, 5.41) is 0. The van der Waals surface area contributed by atoms with Crippen molar-refractivity contribution in [2.24, 2.45) is 0 Å². The normalized spacial score (nSPS) is 20.0. The Kier molecular flexibility index (Phi) is 4.92. The molecule has 2 unspecified atom stereocenters. The van der Waals surface area contributed by atoms with Crippen LogP contribution in [0.3, 0.4) is 0 Å². The molecule has 2 atom stereocenters. The van der Waals surface area contributed by atoms with Gasteiger partial charge in [0.1, 0.15) is 17.6 Å². The van der Waals surface area contributed by atoms with E-state index in [1.54, 1.807) is 12.1 Å². The number of esters is 1. The van der Waals surface area contributed by atoms with E-state index in [-0.39, 0.29) is 18.3 Å². The maximum Gasteiger partial charge on any atom is 0.416 e. The first-order valence-corrected chi connectivity index (χ1v) is 9.47. The molecule has 0 spiro atoms. The van der Waals surface area contributed by atoms with Crippen LogP contribution in [0.5, 0.6) is 11.5 Å². The smallest absolute Gasteiger partial charge is 0.416 e. The molecule has 0 bridgehead atoms. The number of fused-ring (bicyclic) bond motifs is 2. The highest BCUT2D eigenvalue weighted by atomic mass is 19.4. The van der Waals surface area contributed by atoms with Crippen molar-refractivity contribution in [2.45, 2.75) is 44.4 Å². The Morgan fingerprint density at radius 3 is 2.76 bits per heavy atom. The van der Waals surface area contributed by atoms with E-state index in [0.29, 0.717) is 42.1 Å². The predicted molar refractivity (Wildman–Crippen MR) is 99.2 cm³/mol. The van der Waals surface area contributed by atoms with Crippen molar-refractivity contribution in [3.63, 3.8) is 0 Å². The van der Waals surface area contributed by atoms with Crippen molar-refractivity contribution in [1.82, 2.24) is 0 Å². The molecule has 2 aromatic rings. The molecule has 1 aliphatic carbocycles. The van der Waals surface area contributed by atoms with Gasteiger partial charge >= 0.3 is 12.1 Å². The zero-order valence-electron chi connectivity index (χ0n) is 16.1. The van der Waals surface area contributed by atoms with Gasteiger partial charge in [-0.2, -0.15) is 13.2 Å². The van der Waals surface area contributed by atoms with Gasteiger partial charge in [-0.25, -0.2) is 0 Å². The fraction of sp³-hybridized carbons (Fsp3) is 0.409. The van der Waals surface area contributed by atoms with E-state index in [1.807, 2.05) is 13.0 Å². The highest BCUT2D eigenvalue weighted by molar-refractivity contribution is 5.71. The standard InChI is InChI=1S/C22H21F3O4/c1-12-8-16-13(9-21(26)27-2)11-28-20(16)10-19(12)29-18-7-6-14-15(18)4-3-5-17(14)22(23,24)25/h3-5,8,10,13,18H,6-7,9,11H2,1-2H3. The average molecular weight is 406 g/mol. The third-order valence-corrected chi connectivity index (χ3v) is 5.62. The summed E-state index contributed by atoms with van der Waals surface area (Å²) in [6.07, 6.45) is -3.75. The molecule has 0 saturated carbocycles. The molecule has 1 aliphatic heterocycles. The second-order valence-corrected chi connectivity index (χ2v) is 7.46. The van der Waals surface area contributed by atoms with E-state index >= 15 is 0 Å². The molecule has 0 radical (unpaired) electrons. The second kappa shape index (κ2) is 7.28. The molecule has 0 amide bonds. The SMILES string of the molecule is COC(=O)CC1COc2cc(OC3CCc4c3cccc4C(F)(F)F)c(C)cc21. The number of ether oxygens (including phenoxy) is 3. The number of hydrogen-bond donors (Lipinski definition) is 0. The minimum Gasteiger partial charge on any atom is -0.492 e. The van der Waals surface area contributed by atoms with E-state index < -0.39 is 17.8 Å². The predicted octanol–water partition coefficient (Wildman–Crippen LogP) is 5.12. The van der Waals surface area contributed by atoms with Crippen molar-refractivity contribution >= 4 is 5.97 Å². The van der Waals surface area contributed by atoms with Gasteiger partial charge in [0.25, 0.3) is 0 Å². The number of carbonyl (C=O) groups is 1. The molecule has 4 rings (SSSR count). The van der Waals surface area contributed by atoms with E-state index in [9.17, 15) is 18.0 Å². The van der Waals surface area contributed by atoms with Gasteiger partial charge in [-0.15, -0.1) is 0 Å². The van der Waals surface area contributed by atoms with Crippen LogP contribution < -0.4 is 9.47 Å². The van der Waals surface area contributed by atoms with Crippen LogP contribution in [0.15, 0.2) is 30.3 Å². The fourth-order valence-corrected chi connectivity index (χ4v) is 4.15. The molecule has 2 aromatic carbocycles. The number of halogens is 3. The first-order valence-electron chi connectivity index (χ1n) is 9.47. The van der Waals surface area contributed by atoms with Crippen LogP contribution in [-0.4, -0.2) is 19.7 Å². The molecule has 0 fully saturated rings. The zero-order valence-corrected chi connectivity index (χ0v) is 16.1. The van der Waals surface area contributed by atoms with Gasteiger partial charge in [0.05, 0.1) is 25.7 Å². The number of aryl methyl sites for hydroxylation is 1. The number of hydrogen-bond acceptors (Lipinski definition) is 4. The van der Waals surface area contributed by atoms with Crippen LogP contribution >= 0.6 is 0 Å². The lowest BCUT2D eigenvalue weighted by molar-refractivity contribution is -0.141. The lowest BCUT2D eigenvalue weighted by Gasteiger charge is -2.19. The average Bonchev–Trinajstić information content (AvgIpc) is 3.25. The van der Waals surface area contributed by atoms with E-state index in [4.69, 9.17) is 14.2 Å². The number of rotatable bonds is 4. The van der Waals surface area contributed by atoms with E-state index in [0.717, 1.165) is 17.2 Å².